The third-order valence-corrected chi connectivity index (χ3v) is 2.86. The molecule has 0 atom stereocenters. The molecule has 4 nitrogen and oxygen atoms in total. The number of allylic oxidation sites excluding steroid dienone is 1. The van der Waals surface area contributed by atoms with E-state index >= 15 is 0 Å². The minimum Gasteiger partial charge on any atom is -0.372 e. The number of aryl methyl sites for hydroxylation is 1. The summed E-state index contributed by atoms with van der Waals surface area (Å²) in [6.45, 7) is 2.72. The van der Waals surface area contributed by atoms with Crippen LogP contribution in [0.2, 0.25) is 0 Å². The van der Waals surface area contributed by atoms with Crippen molar-refractivity contribution in [1.82, 2.24) is 9.88 Å². The van der Waals surface area contributed by atoms with Gasteiger partial charge in [-0.3, -0.25) is 9.78 Å². The van der Waals surface area contributed by atoms with Crippen molar-refractivity contribution < 1.29 is 18.0 Å². The Morgan fingerprint density at radius 2 is 1.95 bits per heavy atom. The van der Waals surface area contributed by atoms with Crippen LogP contribution in [0, 0.1) is 6.92 Å². The van der Waals surface area contributed by atoms with Gasteiger partial charge in [0.25, 0.3) is 0 Å². The zero-order chi connectivity index (χ0) is 16.0. The van der Waals surface area contributed by atoms with E-state index in [1.165, 1.54) is 11.9 Å². The maximum atomic E-state index is 12.0. The standard InChI is InChI=1S/C14H18F3N3O/c1-11-8-12(10-18-9-11)19(2)6-7-20(3)13(21)4-5-14(15,16)17/h4-5,8-10H,6-7H2,1-3H3. The first-order chi connectivity index (χ1) is 9.69. The second-order valence-electron chi connectivity index (χ2n) is 4.78. The molecule has 1 aromatic heterocycles. The Morgan fingerprint density at radius 3 is 2.52 bits per heavy atom. The van der Waals surface area contributed by atoms with Gasteiger partial charge in [-0.1, -0.05) is 0 Å². The summed E-state index contributed by atoms with van der Waals surface area (Å²) in [7, 11) is 3.30. The Balaban J connectivity index is 2.51. The SMILES string of the molecule is Cc1cncc(N(C)CCN(C)C(=O)C=CC(F)(F)F)c1. The Hall–Kier alpha value is -2.05. The van der Waals surface area contributed by atoms with Gasteiger partial charge in [0, 0.05) is 45.5 Å². The molecule has 116 valence electrons. The van der Waals surface area contributed by atoms with Crippen LogP contribution in [0.1, 0.15) is 5.56 Å². The van der Waals surface area contributed by atoms with Crippen LogP contribution in [0.25, 0.3) is 0 Å². The Bertz CT molecular complexity index is 514. The summed E-state index contributed by atoms with van der Waals surface area (Å²) in [5.74, 6) is -0.678. The van der Waals surface area contributed by atoms with Crippen molar-refractivity contribution in [2.45, 2.75) is 13.1 Å². The van der Waals surface area contributed by atoms with Crippen LogP contribution in [0.3, 0.4) is 0 Å². The number of hydrogen-bond donors (Lipinski definition) is 0. The Labute approximate surface area is 121 Å². The molecule has 21 heavy (non-hydrogen) atoms. The molecule has 0 fully saturated rings. The fourth-order valence-corrected chi connectivity index (χ4v) is 1.58. The van der Waals surface area contributed by atoms with Crippen molar-refractivity contribution in [2.24, 2.45) is 0 Å². The number of likely N-dealkylation sites (N-methyl/N-ethyl adjacent to an activating group) is 2. The van der Waals surface area contributed by atoms with Gasteiger partial charge >= 0.3 is 6.18 Å². The molecule has 0 aliphatic rings. The zero-order valence-corrected chi connectivity index (χ0v) is 12.2. The second kappa shape index (κ2) is 7.10. The van der Waals surface area contributed by atoms with Gasteiger partial charge in [-0.05, 0) is 18.6 Å². The summed E-state index contributed by atoms with van der Waals surface area (Å²) in [5.41, 5.74) is 1.90. The van der Waals surface area contributed by atoms with E-state index in [4.69, 9.17) is 0 Å². The first-order valence-corrected chi connectivity index (χ1v) is 6.33. The number of rotatable bonds is 5. The third kappa shape index (κ3) is 6.29. The maximum absolute atomic E-state index is 12.0. The summed E-state index contributed by atoms with van der Waals surface area (Å²) in [6.07, 6.45) is -0.567. The summed E-state index contributed by atoms with van der Waals surface area (Å²) in [4.78, 5) is 18.7. The zero-order valence-electron chi connectivity index (χ0n) is 12.2. The van der Waals surface area contributed by atoms with Crippen LogP contribution >= 0.6 is 0 Å². The highest BCUT2D eigenvalue weighted by atomic mass is 19.4. The smallest absolute Gasteiger partial charge is 0.372 e. The molecule has 0 unspecified atom stereocenters. The van der Waals surface area contributed by atoms with Gasteiger partial charge in [-0.15, -0.1) is 0 Å². The van der Waals surface area contributed by atoms with E-state index in [0.29, 0.717) is 19.2 Å². The largest absolute Gasteiger partial charge is 0.409 e. The average Bonchev–Trinajstić information content (AvgIpc) is 2.40. The molecule has 1 heterocycles. The van der Waals surface area contributed by atoms with Gasteiger partial charge < -0.3 is 9.80 Å². The Morgan fingerprint density at radius 1 is 1.29 bits per heavy atom. The summed E-state index contributed by atoms with van der Waals surface area (Å²) in [6, 6.07) is 1.94. The lowest BCUT2D eigenvalue weighted by Crippen LogP contribution is -2.34. The van der Waals surface area contributed by atoms with E-state index < -0.39 is 12.1 Å². The molecule has 0 saturated carbocycles. The lowest BCUT2D eigenvalue weighted by Gasteiger charge is -2.23. The van der Waals surface area contributed by atoms with E-state index in [1.807, 2.05) is 24.9 Å². The van der Waals surface area contributed by atoms with Crippen molar-refractivity contribution in [2.75, 3.05) is 32.1 Å². The molecule has 0 aliphatic heterocycles. The maximum Gasteiger partial charge on any atom is 0.409 e. The number of carbonyl (C=O) groups is 1. The highest BCUT2D eigenvalue weighted by molar-refractivity contribution is 5.87. The number of amides is 1. The number of aromatic nitrogens is 1. The van der Waals surface area contributed by atoms with E-state index in [2.05, 4.69) is 4.98 Å². The number of carbonyl (C=O) groups excluding carboxylic acids is 1. The molecule has 1 rings (SSSR count). The van der Waals surface area contributed by atoms with Gasteiger partial charge in [0.05, 0.1) is 11.9 Å². The topological polar surface area (TPSA) is 36.4 Å². The Kier molecular flexibility index (Phi) is 5.75. The van der Waals surface area contributed by atoms with Crippen LogP contribution in [-0.2, 0) is 4.79 Å². The number of nitrogens with zero attached hydrogens (tertiary/aromatic N) is 3. The van der Waals surface area contributed by atoms with Crippen LogP contribution in [0.5, 0.6) is 0 Å². The van der Waals surface area contributed by atoms with Crippen molar-refractivity contribution in [1.29, 1.82) is 0 Å². The predicted molar refractivity (Wildman–Crippen MR) is 75.1 cm³/mol. The first kappa shape index (κ1) is 17.0. The lowest BCUT2D eigenvalue weighted by atomic mass is 10.3. The van der Waals surface area contributed by atoms with E-state index in [0.717, 1.165) is 11.3 Å². The summed E-state index contributed by atoms with van der Waals surface area (Å²) < 4.78 is 35.9. The second-order valence-corrected chi connectivity index (χ2v) is 4.78. The van der Waals surface area contributed by atoms with Crippen molar-refractivity contribution in [3.63, 3.8) is 0 Å². The third-order valence-electron chi connectivity index (χ3n) is 2.86. The van der Waals surface area contributed by atoms with E-state index in [9.17, 15) is 18.0 Å². The van der Waals surface area contributed by atoms with Crippen LogP contribution < -0.4 is 4.90 Å². The molecule has 0 bridgehead atoms. The highest BCUT2D eigenvalue weighted by Gasteiger charge is 2.23. The molecular weight excluding hydrogens is 283 g/mol. The van der Waals surface area contributed by atoms with Crippen molar-refractivity contribution in [3.05, 3.63) is 36.2 Å². The summed E-state index contributed by atoms with van der Waals surface area (Å²) in [5, 5.41) is 0. The van der Waals surface area contributed by atoms with Gasteiger partial charge in [-0.2, -0.15) is 13.2 Å². The van der Waals surface area contributed by atoms with Crippen LogP contribution in [0.15, 0.2) is 30.6 Å². The van der Waals surface area contributed by atoms with Gasteiger partial charge in [0.1, 0.15) is 0 Å². The normalized spacial score (nSPS) is 11.7. The molecule has 1 amide bonds. The van der Waals surface area contributed by atoms with Gasteiger partial charge in [-0.25, -0.2) is 0 Å². The number of halogens is 3. The average molecular weight is 301 g/mol. The van der Waals surface area contributed by atoms with Gasteiger partial charge in [0.2, 0.25) is 5.91 Å². The number of alkyl halides is 3. The molecule has 7 heteroatoms. The fourth-order valence-electron chi connectivity index (χ4n) is 1.58. The van der Waals surface area contributed by atoms with Crippen LogP contribution in [0.4, 0.5) is 18.9 Å². The quantitative estimate of drug-likeness (QED) is 0.784. The predicted octanol–water partition coefficient (Wildman–Crippen LogP) is 2.40. The number of hydrogen-bond acceptors (Lipinski definition) is 3. The van der Waals surface area contributed by atoms with E-state index in [1.54, 1.807) is 12.4 Å². The minimum atomic E-state index is -4.47. The number of pyridine rings is 1. The molecular formula is C14H18F3N3O. The minimum absolute atomic E-state index is 0.0555. The fraction of sp³-hybridized carbons (Fsp3) is 0.429. The van der Waals surface area contributed by atoms with Gasteiger partial charge in [0.15, 0.2) is 0 Å². The lowest BCUT2D eigenvalue weighted by molar-refractivity contribution is -0.125. The summed E-state index contributed by atoms with van der Waals surface area (Å²) >= 11 is 0. The van der Waals surface area contributed by atoms with Crippen molar-refractivity contribution in [3.8, 4) is 0 Å². The monoisotopic (exact) mass is 301 g/mol. The number of anilines is 1. The van der Waals surface area contributed by atoms with E-state index in [-0.39, 0.29) is 6.08 Å². The molecule has 1 aromatic rings. The highest BCUT2D eigenvalue weighted by Crippen LogP contribution is 2.16. The molecule has 0 aromatic carbocycles. The molecule has 0 aliphatic carbocycles. The molecule has 0 saturated heterocycles. The molecule has 0 spiro atoms. The molecule has 0 radical (unpaired) electrons. The first-order valence-electron chi connectivity index (χ1n) is 6.33. The molecule has 0 N–H and O–H groups in total. The van der Waals surface area contributed by atoms with Crippen molar-refractivity contribution >= 4 is 11.6 Å². The van der Waals surface area contributed by atoms with Crippen LogP contribution in [-0.4, -0.2) is 49.2 Å².